The molecule has 1 aromatic heterocycles. The van der Waals surface area contributed by atoms with E-state index in [1.165, 1.54) is 5.56 Å². The number of hydrogen-bond acceptors (Lipinski definition) is 5. The number of rotatable bonds is 4. The smallest absolute Gasteiger partial charge is 0.187 e. The highest BCUT2D eigenvalue weighted by Crippen LogP contribution is 2.27. The number of ether oxygens (including phenoxy) is 1. The van der Waals surface area contributed by atoms with Crippen LogP contribution in [0.25, 0.3) is 17.1 Å². The summed E-state index contributed by atoms with van der Waals surface area (Å²) in [5.41, 5.74) is 9.53. The molecular weight excluding hydrogens is 278 g/mol. The summed E-state index contributed by atoms with van der Waals surface area (Å²) in [6.45, 7) is 2.12. The molecule has 0 bridgehead atoms. The van der Waals surface area contributed by atoms with E-state index in [2.05, 4.69) is 34.6 Å². The molecule has 112 valence electrons. The standard InChI is InChI=1S/C16H17N5O/c1-3-11-4-7-13(8-5-11)21-16(18-19-20-21)12-6-9-15(22-2)14(17)10-12/h4-10H,3,17H2,1-2H3. The van der Waals surface area contributed by atoms with Gasteiger partial charge in [0.05, 0.1) is 18.5 Å². The fourth-order valence-electron chi connectivity index (χ4n) is 2.29. The van der Waals surface area contributed by atoms with Crippen molar-refractivity contribution in [3.8, 4) is 22.8 Å². The summed E-state index contributed by atoms with van der Waals surface area (Å²) in [6.07, 6.45) is 0.998. The number of hydrogen-bond donors (Lipinski definition) is 1. The Morgan fingerprint density at radius 3 is 2.55 bits per heavy atom. The fourth-order valence-corrected chi connectivity index (χ4v) is 2.29. The molecule has 2 N–H and O–H groups in total. The molecule has 0 spiro atoms. The number of aryl methyl sites for hydroxylation is 1. The highest BCUT2D eigenvalue weighted by molar-refractivity contribution is 5.67. The summed E-state index contributed by atoms with van der Waals surface area (Å²) in [5.74, 6) is 1.27. The molecule has 3 aromatic rings. The molecule has 0 aliphatic heterocycles. The number of nitrogen functional groups attached to an aromatic ring is 1. The maximum Gasteiger partial charge on any atom is 0.187 e. The van der Waals surface area contributed by atoms with E-state index in [1.807, 2.05) is 24.3 Å². The molecule has 0 radical (unpaired) electrons. The van der Waals surface area contributed by atoms with Crippen LogP contribution in [0.3, 0.4) is 0 Å². The Hall–Kier alpha value is -2.89. The van der Waals surface area contributed by atoms with E-state index in [4.69, 9.17) is 10.5 Å². The number of tetrazole rings is 1. The minimum Gasteiger partial charge on any atom is -0.495 e. The van der Waals surface area contributed by atoms with Gasteiger partial charge in [0.1, 0.15) is 5.75 Å². The first-order chi connectivity index (χ1) is 10.7. The van der Waals surface area contributed by atoms with E-state index in [9.17, 15) is 0 Å². The topological polar surface area (TPSA) is 78.8 Å². The van der Waals surface area contributed by atoms with Crippen molar-refractivity contribution in [3.63, 3.8) is 0 Å². The van der Waals surface area contributed by atoms with Gasteiger partial charge >= 0.3 is 0 Å². The largest absolute Gasteiger partial charge is 0.495 e. The Labute approximate surface area is 128 Å². The van der Waals surface area contributed by atoms with Gasteiger partial charge in [-0.3, -0.25) is 0 Å². The maximum atomic E-state index is 5.96. The second-order valence-electron chi connectivity index (χ2n) is 4.89. The van der Waals surface area contributed by atoms with E-state index >= 15 is 0 Å². The second kappa shape index (κ2) is 5.85. The first-order valence-electron chi connectivity index (χ1n) is 7.04. The Kier molecular flexibility index (Phi) is 3.74. The lowest BCUT2D eigenvalue weighted by Crippen LogP contribution is -2.01. The van der Waals surface area contributed by atoms with Crippen molar-refractivity contribution in [2.24, 2.45) is 0 Å². The van der Waals surface area contributed by atoms with Crippen LogP contribution < -0.4 is 10.5 Å². The van der Waals surface area contributed by atoms with E-state index in [1.54, 1.807) is 17.9 Å². The average Bonchev–Trinajstić information content (AvgIpc) is 3.04. The van der Waals surface area contributed by atoms with Crippen LogP contribution in [-0.4, -0.2) is 27.3 Å². The van der Waals surface area contributed by atoms with E-state index in [0.717, 1.165) is 17.7 Å². The molecule has 0 atom stereocenters. The van der Waals surface area contributed by atoms with Gasteiger partial charge in [0.15, 0.2) is 5.82 Å². The van der Waals surface area contributed by atoms with Crippen LogP contribution in [0.2, 0.25) is 0 Å². The summed E-state index contributed by atoms with van der Waals surface area (Å²) in [7, 11) is 1.59. The molecule has 0 saturated heterocycles. The van der Waals surface area contributed by atoms with Crippen molar-refractivity contribution in [1.82, 2.24) is 20.2 Å². The molecule has 6 nitrogen and oxygen atoms in total. The first-order valence-corrected chi connectivity index (χ1v) is 7.04. The molecule has 1 heterocycles. The van der Waals surface area contributed by atoms with Crippen LogP contribution in [0, 0.1) is 0 Å². The summed E-state index contributed by atoms with van der Waals surface area (Å²) in [6, 6.07) is 13.7. The van der Waals surface area contributed by atoms with E-state index in [-0.39, 0.29) is 0 Å². The van der Waals surface area contributed by atoms with Crippen LogP contribution >= 0.6 is 0 Å². The summed E-state index contributed by atoms with van der Waals surface area (Å²) in [5, 5.41) is 12.0. The average molecular weight is 295 g/mol. The van der Waals surface area contributed by atoms with Crippen molar-refractivity contribution in [2.45, 2.75) is 13.3 Å². The number of anilines is 1. The molecule has 0 amide bonds. The van der Waals surface area contributed by atoms with Crippen LogP contribution in [0.15, 0.2) is 42.5 Å². The zero-order chi connectivity index (χ0) is 15.5. The highest BCUT2D eigenvalue weighted by atomic mass is 16.5. The predicted molar refractivity (Wildman–Crippen MR) is 84.9 cm³/mol. The van der Waals surface area contributed by atoms with Gasteiger partial charge in [-0.05, 0) is 52.7 Å². The summed E-state index contributed by atoms with van der Waals surface area (Å²) in [4.78, 5) is 0. The number of benzene rings is 2. The molecule has 6 heteroatoms. The van der Waals surface area contributed by atoms with Crippen LogP contribution in [0.5, 0.6) is 5.75 Å². The van der Waals surface area contributed by atoms with Gasteiger partial charge in [-0.1, -0.05) is 19.1 Å². The van der Waals surface area contributed by atoms with Crippen molar-refractivity contribution < 1.29 is 4.74 Å². The minimum absolute atomic E-state index is 0.552. The number of aromatic nitrogens is 4. The Balaban J connectivity index is 2.02. The zero-order valence-corrected chi connectivity index (χ0v) is 12.5. The predicted octanol–water partition coefficient (Wildman–Crippen LogP) is 2.48. The highest BCUT2D eigenvalue weighted by Gasteiger charge is 2.12. The van der Waals surface area contributed by atoms with E-state index in [0.29, 0.717) is 17.3 Å². The lowest BCUT2D eigenvalue weighted by molar-refractivity contribution is 0.417. The molecule has 0 unspecified atom stereocenters. The van der Waals surface area contributed by atoms with E-state index < -0.39 is 0 Å². The molecule has 0 aliphatic rings. The third-order valence-electron chi connectivity index (χ3n) is 3.55. The normalized spacial score (nSPS) is 10.6. The number of nitrogens with zero attached hydrogens (tertiary/aromatic N) is 4. The lowest BCUT2D eigenvalue weighted by atomic mass is 10.1. The molecule has 2 aromatic carbocycles. The van der Waals surface area contributed by atoms with Crippen molar-refractivity contribution in [2.75, 3.05) is 12.8 Å². The van der Waals surface area contributed by atoms with Crippen LogP contribution in [0.1, 0.15) is 12.5 Å². The number of nitrogens with two attached hydrogens (primary N) is 1. The van der Waals surface area contributed by atoms with Gasteiger partial charge in [-0.2, -0.15) is 4.68 Å². The molecule has 0 saturated carbocycles. The lowest BCUT2D eigenvalue weighted by Gasteiger charge is -2.08. The Bertz CT molecular complexity index is 779. The van der Waals surface area contributed by atoms with Gasteiger partial charge in [-0.25, -0.2) is 0 Å². The SMILES string of the molecule is CCc1ccc(-n2nnnc2-c2ccc(OC)c(N)c2)cc1. The third kappa shape index (κ3) is 2.50. The minimum atomic E-state index is 0.552. The zero-order valence-electron chi connectivity index (χ0n) is 12.5. The van der Waals surface area contributed by atoms with Crippen LogP contribution in [0.4, 0.5) is 5.69 Å². The van der Waals surface area contributed by atoms with Crippen molar-refractivity contribution in [3.05, 3.63) is 48.0 Å². The second-order valence-corrected chi connectivity index (χ2v) is 4.89. The van der Waals surface area contributed by atoms with Crippen molar-refractivity contribution in [1.29, 1.82) is 0 Å². The quantitative estimate of drug-likeness (QED) is 0.748. The maximum absolute atomic E-state index is 5.96. The molecule has 22 heavy (non-hydrogen) atoms. The van der Waals surface area contributed by atoms with Gasteiger partial charge in [-0.15, -0.1) is 5.10 Å². The molecular formula is C16H17N5O. The van der Waals surface area contributed by atoms with Gasteiger partial charge in [0.2, 0.25) is 0 Å². The van der Waals surface area contributed by atoms with Gasteiger partial charge in [0.25, 0.3) is 0 Å². The van der Waals surface area contributed by atoms with Crippen LogP contribution in [-0.2, 0) is 6.42 Å². The molecule has 3 rings (SSSR count). The Morgan fingerprint density at radius 1 is 1.14 bits per heavy atom. The third-order valence-corrected chi connectivity index (χ3v) is 3.55. The first kappa shape index (κ1) is 14.1. The summed E-state index contributed by atoms with van der Waals surface area (Å²) < 4.78 is 6.87. The Morgan fingerprint density at radius 2 is 1.91 bits per heavy atom. The molecule has 0 fully saturated rings. The summed E-state index contributed by atoms with van der Waals surface area (Å²) >= 11 is 0. The fraction of sp³-hybridized carbons (Fsp3) is 0.188. The van der Waals surface area contributed by atoms with Gasteiger partial charge < -0.3 is 10.5 Å². The monoisotopic (exact) mass is 295 g/mol. The van der Waals surface area contributed by atoms with Gasteiger partial charge in [0, 0.05) is 5.56 Å². The van der Waals surface area contributed by atoms with Crippen molar-refractivity contribution >= 4 is 5.69 Å². The number of methoxy groups -OCH3 is 1. The molecule has 0 aliphatic carbocycles.